The fourth-order valence-electron chi connectivity index (χ4n) is 2.23. The average molecular weight is 276 g/mol. The Morgan fingerprint density at radius 3 is 3.05 bits per heavy atom. The monoisotopic (exact) mass is 276 g/mol. The molecule has 1 amide bonds. The van der Waals surface area contributed by atoms with Crippen LogP contribution in [0.2, 0.25) is 0 Å². The number of aromatic nitrogens is 1. The van der Waals surface area contributed by atoms with Gasteiger partial charge in [-0.05, 0) is 30.0 Å². The van der Waals surface area contributed by atoms with E-state index in [1.54, 1.807) is 0 Å². The summed E-state index contributed by atoms with van der Waals surface area (Å²) in [4.78, 5) is 13.0. The van der Waals surface area contributed by atoms with E-state index in [0.29, 0.717) is 12.5 Å². The number of ether oxygens (including phenoxy) is 1. The second kappa shape index (κ2) is 5.59. The SMILES string of the molecule is O=C(NC[C@@H]1CCOC1)c1sccc1-n1cccc1. The Bertz CT molecular complexity index is 542. The molecule has 3 heterocycles. The van der Waals surface area contributed by atoms with Crippen molar-refractivity contribution in [2.24, 2.45) is 5.92 Å². The lowest BCUT2D eigenvalue weighted by molar-refractivity contribution is 0.0949. The normalized spacial score (nSPS) is 18.6. The standard InChI is InChI=1S/C14H16N2O2S/c17-14(15-9-11-3-7-18-10-11)13-12(4-8-19-13)16-5-1-2-6-16/h1-2,4-6,8,11H,3,7,9-10H2,(H,15,17)/t11-/m0/s1. The molecule has 4 nitrogen and oxygen atoms in total. The first-order valence-electron chi connectivity index (χ1n) is 6.41. The van der Waals surface area contributed by atoms with Crippen molar-refractivity contribution in [3.05, 3.63) is 40.8 Å². The molecule has 0 aromatic carbocycles. The van der Waals surface area contributed by atoms with Crippen molar-refractivity contribution in [2.45, 2.75) is 6.42 Å². The first-order valence-corrected chi connectivity index (χ1v) is 7.29. The maximum Gasteiger partial charge on any atom is 0.263 e. The molecule has 0 saturated carbocycles. The zero-order valence-corrected chi connectivity index (χ0v) is 11.4. The minimum atomic E-state index is 0.00519. The van der Waals surface area contributed by atoms with Crippen molar-refractivity contribution < 1.29 is 9.53 Å². The van der Waals surface area contributed by atoms with Crippen LogP contribution in [0.4, 0.5) is 0 Å². The number of carbonyl (C=O) groups is 1. The highest BCUT2D eigenvalue weighted by Gasteiger charge is 2.19. The van der Waals surface area contributed by atoms with Crippen molar-refractivity contribution in [2.75, 3.05) is 19.8 Å². The lowest BCUT2D eigenvalue weighted by atomic mass is 10.1. The summed E-state index contributed by atoms with van der Waals surface area (Å²) < 4.78 is 7.27. The van der Waals surface area contributed by atoms with Crippen molar-refractivity contribution in [1.82, 2.24) is 9.88 Å². The van der Waals surface area contributed by atoms with Gasteiger partial charge >= 0.3 is 0 Å². The highest BCUT2D eigenvalue weighted by molar-refractivity contribution is 7.12. The van der Waals surface area contributed by atoms with Gasteiger partial charge in [0, 0.05) is 31.5 Å². The van der Waals surface area contributed by atoms with Crippen LogP contribution in [0.25, 0.3) is 5.69 Å². The summed E-state index contributed by atoms with van der Waals surface area (Å²) in [5, 5.41) is 4.95. The molecule has 2 aromatic rings. The maximum atomic E-state index is 12.2. The Labute approximate surface area is 116 Å². The van der Waals surface area contributed by atoms with Crippen LogP contribution in [-0.4, -0.2) is 30.2 Å². The van der Waals surface area contributed by atoms with E-state index >= 15 is 0 Å². The van der Waals surface area contributed by atoms with Gasteiger partial charge in [0.15, 0.2) is 0 Å². The molecular weight excluding hydrogens is 260 g/mol. The van der Waals surface area contributed by atoms with E-state index in [4.69, 9.17) is 4.74 Å². The van der Waals surface area contributed by atoms with Gasteiger partial charge in [0.2, 0.25) is 0 Å². The number of nitrogens with zero attached hydrogens (tertiary/aromatic N) is 1. The second-order valence-electron chi connectivity index (χ2n) is 4.66. The summed E-state index contributed by atoms with van der Waals surface area (Å²) in [5.41, 5.74) is 0.940. The fourth-order valence-corrected chi connectivity index (χ4v) is 3.04. The van der Waals surface area contributed by atoms with E-state index in [1.807, 2.05) is 40.5 Å². The van der Waals surface area contributed by atoms with Crippen LogP contribution in [0.1, 0.15) is 16.1 Å². The number of rotatable bonds is 4. The summed E-state index contributed by atoms with van der Waals surface area (Å²) >= 11 is 1.47. The van der Waals surface area contributed by atoms with Gasteiger partial charge in [-0.3, -0.25) is 4.79 Å². The van der Waals surface area contributed by atoms with E-state index < -0.39 is 0 Å². The smallest absolute Gasteiger partial charge is 0.263 e. The summed E-state index contributed by atoms with van der Waals surface area (Å²) in [5.74, 6) is 0.463. The summed E-state index contributed by atoms with van der Waals surface area (Å²) in [7, 11) is 0. The largest absolute Gasteiger partial charge is 0.381 e. The topological polar surface area (TPSA) is 43.3 Å². The van der Waals surface area contributed by atoms with Gasteiger partial charge in [-0.25, -0.2) is 0 Å². The Morgan fingerprint density at radius 1 is 1.47 bits per heavy atom. The van der Waals surface area contributed by atoms with Gasteiger partial charge in [-0.15, -0.1) is 11.3 Å². The number of amides is 1. The van der Waals surface area contributed by atoms with E-state index in [0.717, 1.165) is 30.2 Å². The molecule has 0 aliphatic carbocycles. The fraction of sp³-hybridized carbons (Fsp3) is 0.357. The molecule has 0 spiro atoms. The molecule has 1 N–H and O–H groups in total. The number of hydrogen-bond donors (Lipinski definition) is 1. The Hall–Kier alpha value is -1.59. The third-order valence-corrected chi connectivity index (χ3v) is 4.21. The molecule has 1 aliphatic heterocycles. The molecule has 2 aromatic heterocycles. The number of hydrogen-bond acceptors (Lipinski definition) is 3. The maximum absolute atomic E-state index is 12.2. The average Bonchev–Trinajstić information content (AvgIpc) is 3.14. The molecule has 1 atom stereocenters. The minimum absolute atomic E-state index is 0.00519. The molecule has 100 valence electrons. The van der Waals surface area contributed by atoms with Crippen LogP contribution in [0.15, 0.2) is 36.0 Å². The van der Waals surface area contributed by atoms with Crippen LogP contribution in [0.3, 0.4) is 0 Å². The summed E-state index contributed by atoms with van der Waals surface area (Å²) in [6, 6.07) is 5.88. The zero-order chi connectivity index (χ0) is 13.1. The molecule has 5 heteroatoms. The van der Waals surface area contributed by atoms with Crippen LogP contribution in [0, 0.1) is 5.92 Å². The van der Waals surface area contributed by atoms with Gasteiger partial charge < -0.3 is 14.6 Å². The Kier molecular flexibility index (Phi) is 3.66. The first-order chi connectivity index (χ1) is 9.34. The van der Waals surface area contributed by atoms with Crippen LogP contribution in [0.5, 0.6) is 0 Å². The molecule has 1 fully saturated rings. The molecule has 0 radical (unpaired) electrons. The molecule has 19 heavy (non-hydrogen) atoms. The van der Waals surface area contributed by atoms with Gasteiger partial charge in [0.25, 0.3) is 5.91 Å². The van der Waals surface area contributed by atoms with Gasteiger partial charge in [0.1, 0.15) is 4.88 Å². The van der Waals surface area contributed by atoms with E-state index in [9.17, 15) is 4.79 Å². The minimum Gasteiger partial charge on any atom is -0.381 e. The second-order valence-corrected chi connectivity index (χ2v) is 5.58. The molecule has 0 bridgehead atoms. The van der Waals surface area contributed by atoms with Crippen molar-refractivity contribution in [3.8, 4) is 5.69 Å². The van der Waals surface area contributed by atoms with E-state index in [1.165, 1.54) is 11.3 Å². The summed E-state index contributed by atoms with van der Waals surface area (Å²) in [6.07, 6.45) is 4.93. The molecule has 3 rings (SSSR count). The lowest BCUT2D eigenvalue weighted by Crippen LogP contribution is -2.29. The third-order valence-electron chi connectivity index (χ3n) is 3.31. The number of nitrogens with one attached hydrogen (secondary N) is 1. The number of thiophene rings is 1. The molecule has 0 unspecified atom stereocenters. The molecule has 1 aliphatic rings. The lowest BCUT2D eigenvalue weighted by Gasteiger charge is -2.10. The zero-order valence-electron chi connectivity index (χ0n) is 10.5. The van der Waals surface area contributed by atoms with Crippen LogP contribution < -0.4 is 5.32 Å². The third kappa shape index (κ3) is 2.72. The Balaban J connectivity index is 1.68. The predicted molar refractivity (Wildman–Crippen MR) is 74.9 cm³/mol. The van der Waals surface area contributed by atoms with Crippen LogP contribution in [-0.2, 0) is 4.74 Å². The number of carbonyl (C=O) groups excluding carboxylic acids is 1. The van der Waals surface area contributed by atoms with Crippen molar-refractivity contribution in [3.63, 3.8) is 0 Å². The summed E-state index contributed by atoms with van der Waals surface area (Å²) in [6.45, 7) is 2.27. The van der Waals surface area contributed by atoms with Crippen LogP contribution >= 0.6 is 11.3 Å². The van der Waals surface area contributed by atoms with E-state index in [-0.39, 0.29) is 5.91 Å². The molecular formula is C14H16N2O2S. The van der Waals surface area contributed by atoms with Gasteiger partial charge in [-0.2, -0.15) is 0 Å². The van der Waals surface area contributed by atoms with Crippen molar-refractivity contribution >= 4 is 17.2 Å². The quantitative estimate of drug-likeness (QED) is 0.931. The first kappa shape index (κ1) is 12.4. The molecule has 1 saturated heterocycles. The highest BCUT2D eigenvalue weighted by atomic mass is 32.1. The van der Waals surface area contributed by atoms with Gasteiger partial charge in [0.05, 0.1) is 12.3 Å². The predicted octanol–water partition coefficient (Wildman–Crippen LogP) is 2.31. The van der Waals surface area contributed by atoms with Crippen molar-refractivity contribution in [1.29, 1.82) is 0 Å². The van der Waals surface area contributed by atoms with E-state index in [2.05, 4.69) is 5.32 Å². The Morgan fingerprint density at radius 2 is 2.32 bits per heavy atom. The highest BCUT2D eigenvalue weighted by Crippen LogP contribution is 2.21. The van der Waals surface area contributed by atoms with Gasteiger partial charge in [-0.1, -0.05) is 0 Å².